The van der Waals surface area contributed by atoms with Gasteiger partial charge in [-0.2, -0.15) is 0 Å². The van der Waals surface area contributed by atoms with Crippen molar-refractivity contribution in [2.24, 2.45) is 5.92 Å². The smallest absolute Gasteiger partial charge is 0.227 e. The first-order chi connectivity index (χ1) is 14.7. The zero-order valence-corrected chi connectivity index (χ0v) is 17.2. The maximum atomic E-state index is 12.9. The van der Waals surface area contributed by atoms with Gasteiger partial charge in [-0.25, -0.2) is 0 Å². The van der Waals surface area contributed by atoms with Gasteiger partial charge in [0.2, 0.25) is 5.91 Å². The monoisotopic (exact) mass is 402 g/mol. The van der Waals surface area contributed by atoms with E-state index in [9.17, 15) is 9.90 Å². The maximum Gasteiger partial charge on any atom is 0.227 e. The number of benzene rings is 3. The van der Waals surface area contributed by atoms with Gasteiger partial charge in [0, 0.05) is 19.6 Å². The SMILES string of the molecule is O=C(NCc1ccccc1)C(CNCc1ccccc1)C(O)CCc1ccccc1. The van der Waals surface area contributed by atoms with Gasteiger partial charge >= 0.3 is 0 Å². The predicted molar refractivity (Wildman–Crippen MR) is 121 cm³/mol. The molecule has 0 aliphatic rings. The number of rotatable bonds is 11. The van der Waals surface area contributed by atoms with Crippen LogP contribution in [0.25, 0.3) is 0 Å². The molecule has 3 aromatic rings. The number of aryl methyl sites for hydroxylation is 1. The summed E-state index contributed by atoms with van der Waals surface area (Å²) in [5, 5.41) is 17.2. The van der Waals surface area contributed by atoms with Gasteiger partial charge in [-0.05, 0) is 29.5 Å². The van der Waals surface area contributed by atoms with Crippen LogP contribution in [-0.2, 0) is 24.3 Å². The molecule has 0 saturated heterocycles. The minimum atomic E-state index is -0.718. The lowest BCUT2D eigenvalue weighted by atomic mass is 9.95. The van der Waals surface area contributed by atoms with Crippen LogP contribution < -0.4 is 10.6 Å². The van der Waals surface area contributed by atoms with E-state index in [1.54, 1.807) is 0 Å². The number of hydrogen-bond donors (Lipinski definition) is 3. The van der Waals surface area contributed by atoms with Crippen LogP contribution >= 0.6 is 0 Å². The van der Waals surface area contributed by atoms with E-state index < -0.39 is 12.0 Å². The molecule has 4 heteroatoms. The van der Waals surface area contributed by atoms with Gasteiger partial charge in [-0.15, -0.1) is 0 Å². The lowest BCUT2D eigenvalue weighted by molar-refractivity contribution is -0.128. The van der Waals surface area contributed by atoms with Crippen molar-refractivity contribution in [3.8, 4) is 0 Å². The maximum absolute atomic E-state index is 12.9. The van der Waals surface area contributed by atoms with Crippen LogP contribution in [0.4, 0.5) is 0 Å². The molecule has 30 heavy (non-hydrogen) atoms. The van der Waals surface area contributed by atoms with Crippen molar-refractivity contribution in [1.82, 2.24) is 10.6 Å². The van der Waals surface area contributed by atoms with Crippen LogP contribution in [0, 0.1) is 5.92 Å². The second-order valence-electron chi connectivity index (χ2n) is 7.52. The molecule has 0 aromatic heterocycles. The molecule has 0 aliphatic heterocycles. The number of aliphatic hydroxyl groups is 1. The number of carbonyl (C=O) groups is 1. The standard InChI is InChI=1S/C26H30N2O2/c29-25(17-16-21-10-4-1-5-11-21)24(20-27-18-22-12-6-2-7-13-22)26(30)28-19-23-14-8-3-9-15-23/h1-15,24-25,27,29H,16-20H2,(H,28,30). The molecule has 0 saturated carbocycles. The van der Waals surface area contributed by atoms with E-state index in [4.69, 9.17) is 0 Å². The van der Waals surface area contributed by atoms with Crippen LogP contribution in [0.1, 0.15) is 23.1 Å². The second-order valence-corrected chi connectivity index (χ2v) is 7.52. The summed E-state index contributed by atoms with van der Waals surface area (Å²) < 4.78 is 0. The molecule has 0 spiro atoms. The Balaban J connectivity index is 1.58. The quantitative estimate of drug-likeness (QED) is 0.458. The Bertz CT molecular complexity index is 869. The number of aliphatic hydroxyl groups excluding tert-OH is 1. The molecule has 0 heterocycles. The summed E-state index contributed by atoms with van der Waals surface area (Å²) in [6.07, 6.45) is 0.563. The number of amides is 1. The van der Waals surface area contributed by atoms with Crippen molar-refractivity contribution in [3.05, 3.63) is 108 Å². The summed E-state index contributed by atoms with van der Waals surface area (Å²) in [7, 11) is 0. The zero-order chi connectivity index (χ0) is 21.0. The minimum Gasteiger partial charge on any atom is -0.392 e. The lowest BCUT2D eigenvalue weighted by Crippen LogP contribution is -2.43. The van der Waals surface area contributed by atoms with Crippen molar-refractivity contribution in [3.63, 3.8) is 0 Å². The van der Waals surface area contributed by atoms with E-state index in [2.05, 4.69) is 10.6 Å². The van der Waals surface area contributed by atoms with E-state index in [-0.39, 0.29) is 5.91 Å². The van der Waals surface area contributed by atoms with E-state index >= 15 is 0 Å². The minimum absolute atomic E-state index is 0.125. The molecule has 0 radical (unpaired) electrons. The van der Waals surface area contributed by atoms with Crippen molar-refractivity contribution >= 4 is 5.91 Å². The average Bonchev–Trinajstić information content (AvgIpc) is 2.81. The van der Waals surface area contributed by atoms with Crippen LogP contribution in [-0.4, -0.2) is 23.7 Å². The summed E-state index contributed by atoms with van der Waals surface area (Å²) in [6, 6.07) is 29.9. The first kappa shape index (κ1) is 21.8. The zero-order valence-electron chi connectivity index (χ0n) is 17.2. The van der Waals surface area contributed by atoms with Gasteiger partial charge < -0.3 is 15.7 Å². The molecule has 1 amide bonds. The lowest BCUT2D eigenvalue weighted by Gasteiger charge is -2.23. The molecule has 0 aliphatic carbocycles. The Morgan fingerprint density at radius 1 is 0.733 bits per heavy atom. The Hall–Kier alpha value is -2.95. The predicted octanol–water partition coefficient (Wildman–Crippen LogP) is 3.70. The Morgan fingerprint density at radius 2 is 1.23 bits per heavy atom. The van der Waals surface area contributed by atoms with Gasteiger partial charge in [0.1, 0.15) is 0 Å². The highest BCUT2D eigenvalue weighted by Gasteiger charge is 2.26. The third-order valence-corrected chi connectivity index (χ3v) is 5.22. The summed E-state index contributed by atoms with van der Waals surface area (Å²) in [4.78, 5) is 12.9. The molecule has 3 aromatic carbocycles. The fraction of sp³-hybridized carbons (Fsp3) is 0.269. The molecule has 2 atom stereocenters. The van der Waals surface area contributed by atoms with Crippen LogP contribution in [0.2, 0.25) is 0 Å². The number of carbonyl (C=O) groups excluding carboxylic acids is 1. The van der Waals surface area contributed by atoms with Crippen LogP contribution in [0.3, 0.4) is 0 Å². The molecule has 3 N–H and O–H groups in total. The highest BCUT2D eigenvalue weighted by molar-refractivity contribution is 5.79. The van der Waals surface area contributed by atoms with Gasteiger partial charge in [0.05, 0.1) is 12.0 Å². The highest BCUT2D eigenvalue weighted by Crippen LogP contribution is 2.13. The first-order valence-corrected chi connectivity index (χ1v) is 10.5. The fourth-order valence-electron chi connectivity index (χ4n) is 3.45. The molecule has 2 unspecified atom stereocenters. The molecule has 0 bridgehead atoms. The molecule has 0 fully saturated rings. The van der Waals surface area contributed by atoms with E-state index in [0.717, 1.165) is 23.1 Å². The van der Waals surface area contributed by atoms with Gasteiger partial charge in [0.15, 0.2) is 0 Å². The van der Waals surface area contributed by atoms with E-state index in [1.165, 1.54) is 0 Å². The van der Waals surface area contributed by atoms with Gasteiger partial charge in [-0.1, -0.05) is 91.0 Å². The summed E-state index contributed by atoms with van der Waals surface area (Å²) in [5.41, 5.74) is 3.36. The molecular weight excluding hydrogens is 372 g/mol. The van der Waals surface area contributed by atoms with E-state index in [0.29, 0.717) is 26.1 Å². The summed E-state index contributed by atoms with van der Waals surface area (Å²) in [5.74, 6) is -0.638. The third-order valence-electron chi connectivity index (χ3n) is 5.22. The Labute approximate surface area is 179 Å². The Morgan fingerprint density at radius 3 is 1.80 bits per heavy atom. The van der Waals surface area contributed by atoms with Gasteiger partial charge in [-0.3, -0.25) is 4.79 Å². The largest absolute Gasteiger partial charge is 0.392 e. The van der Waals surface area contributed by atoms with Crippen molar-refractivity contribution in [1.29, 1.82) is 0 Å². The van der Waals surface area contributed by atoms with E-state index in [1.807, 2.05) is 91.0 Å². The normalized spacial score (nSPS) is 12.8. The van der Waals surface area contributed by atoms with Crippen LogP contribution in [0.15, 0.2) is 91.0 Å². The third kappa shape index (κ3) is 7.14. The first-order valence-electron chi connectivity index (χ1n) is 10.5. The molecule has 3 rings (SSSR count). The van der Waals surface area contributed by atoms with Gasteiger partial charge in [0.25, 0.3) is 0 Å². The Kier molecular flexibility index (Phi) is 8.63. The topological polar surface area (TPSA) is 61.4 Å². The molecule has 156 valence electrons. The van der Waals surface area contributed by atoms with Crippen molar-refractivity contribution in [2.45, 2.75) is 32.0 Å². The number of hydrogen-bond acceptors (Lipinski definition) is 3. The van der Waals surface area contributed by atoms with Crippen molar-refractivity contribution in [2.75, 3.05) is 6.54 Å². The van der Waals surface area contributed by atoms with Crippen LogP contribution in [0.5, 0.6) is 0 Å². The highest BCUT2D eigenvalue weighted by atomic mass is 16.3. The fourth-order valence-corrected chi connectivity index (χ4v) is 3.45. The molecule has 4 nitrogen and oxygen atoms in total. The average molecular weight is 403 g/mol. The molecular formula is C26H30N2O2. The number of nitrogens with one attached hydrogen (secondary N) is 2. The summed E-state index contributed by atoms with van der Waals surface area (Å²) in [6.45, 7) is 1.54. The second kappa shape index (κ2) is 11.9. The van der Waals surface area contributed by atoms with Crippen molar-refractivity contribution < 1.29 is 9.90 Å². The summed E-state index contributed by atoms with van der Waals surface area (Å²) >= 11 is 0.